The van der Waals surface area contributed by atoms with Crippen molar-refractivity contribution in [3.8, 4) is 0 Å². The normalized spacial score (nSPS) is 11.1. The summed E-state index contributed by atoms with van der Waals surface area (Å²) < 4.78 is 28.2. The van der Waals surface area contributed by atoms with Crippen molar-refractivity contribution in [2.45, 2.75) is 4.90 Å². The summed E-state index contributed by atoms with van der Waals surface area (Å²) in [4.78, 5) is 13.6. The van der Waals surface area contributed by atoms with E-state index < -0.39 is 14.9 Å². The maximum absolute atomic E-state index is 12.4. The van der Waals surface area contributed by atoms with Crippen molar-refractivity contribution in [2.24, 2.45) is 7.05 Å². The molecule has 0 fully saturated rings. The molecule has 0 radical (unpaired) electrons. The van der Waals surface area contributed by atoms with Gasteiger partial charge in [0.15, 0.2) is 0 Å². The van der Waals surface area contributed by atoms with Crippen LogP contribution in [-0.4, -0.2) is 35.2 Å². The highest BCUT2D eigenvalue weighted by Crippen LogP contribution is 2.27. The Kier molecular flexibility index (Phi) is 3.76. The minimum atomic E-state index is -4.04. The SMILES string of the molecule is CNc1ccc([N+](=O)[O-])cc1S(=O)(=O)Nc1ncnn1C. The molecule has 2 rings (SSSR count). The van der Waals surface area contributed by atoms with Crippen molar-refractivity contribution < 1.29 is 13.3 Å². The number of anilines is 2. The molecule has 0 unspecified atom stereocenters. The van der Waals surface area contributed by atoms with Crippen molar-refractivity contribution in [1.82, 2.24) is 14.8 Å². The molecule has 0 saturated carbocycles. The highest BCUT2D eigenvalue weighted by molar-refractivity contribution is 7.92. The lowest BCUT2D eigenvalue weighted by molar-refractivity contribution is -0.385. The second-order valence-corrected chi connectivity index (χ2v) is 5.65. The molecule has 21 heavy (non-hydrogen) atoms. The summed E-state index contributed by atoms with van der Waals surface area (Å²) in [6.45, 7) is 0. The van der Waals surface area contributed by atoms with Crippen LogP contribution >= 0.6 is 0 Å². The van der Waals surface area contributed by atoms with Crippen LogP contribution in [0.3, 0.4) is 0 Å². The summed E-state index contributed by atoms with van der Waals surface area (Å²) in [5.41, 5.74) is -0.0948. The number of sulfonamides is 1. The summed E-state index contributed by atoms with van der Waals surface area (Å²) in [5, 5.41) is 17.2. The van der Waals surface area contributed by atoms with Crippen LogP contribution in [0, 0.1) is 10.1 Å². The van der Waals surface area contributed by atoms with Crippen LogP contribution in [0.4, 0.5) is 17.3 Å². The van der Waals surface area contributed by atoms with E-state index in [1.165, 1.54) is 37.2 Å². The molecule has 0 saturated heterocycles. The molecule has 0 bridgehead atoms. The van der Waals surface area contributed by atoms with E-state index in [4.69, 9.17) is 0 Å². The van der Waals surface area contributed by atoms with E-state index in [0.717, 1.165) is 6.07 Å². The quantitative estimate of drug-likeness (QED) is 0.609. The first-order valence-electron chi connectivity index (χ1n) is 5.68. The Bertz CT molecular complexity index is 785. The van der Waals surface area contributed by atoms with Crippen LogP contribution in [0.15, 0.2) is 29.4 Å². The van der Waals surface area contributed by atoms with Crippen LogP contribution in [0.5, 0.6) is 0 Å². The standard InChI is InChI=1S/C10H12N6O4S/c1-11-8-4-3-7(16(17)18)5-9(8)21(19,20)14-10-12-6-13-15(10)2/h3-6,11H,1-2H3,(H,12,13,14). The third-order valence-corrected chi connectivity index (χ3v) is 4.04. The van der Waals surface area contributed by atoms with Gasteiger partial charge >= 0.3 is 0 Å². The molecule has 0 atom stereocenters. The topological polar surface area (TPSA) is 132 Å². The molecule has 10 nitrogen and oxygen atoms in total. The average molecular weight is 312 g/mol. The molecule has 1 heterocycles. The number of benzene rings is 1. The van der Waals surface area contributed by atoms with Crippen LogP contribution in [0.1, 0.15) is 0 Å². The smallest absolute Gasteiger partial charge is 0.270 e. The number of aromatic nitrogens is 3. The first-order chi connectivity index (χ1) is 9.85. The maximum atomic E-state index is 12.4. The summed E-state index contributed by atoms with van der Waals surface area (Å²) >= 11 is 0. The number of nitro groups is 1. The minimum absolute atomic E-state index is 0.00330. The van der Waals surface area contributed by atoms with Crippen LogP contribution < -0.4 is 10.0 Å². The van der Waals surface area contributed by atoms with E-state index in [2.05, 4.69) is 20.1 Å². The number of hydrogen-bond acceptors (Lipinski definition) is 7. The fourth-order valence-corrected chi connectivity index (χ4v) is 2.89. The molecule has 0 amide bonds. The third kappa shape index (κ3) is 2.91. The number of nitrogens with zero attached hydrogens (tertiary/aromatic N) is 4. The Labute approximate surface area is 120 Å². The molecular weight excluding hydrogens is 300 g/mol. The molecule has 0 aliphatic heterocycles. The Morgan fingerprint density at radius 1 is 1.38 bits per heavy atom. The number of nitrogens with one attached hydrogen (secondary N) is 2. The molecule has 1 aromatic heterocycles. The zero-order valence-corrected chi connectivity index (χ0v) is 12.0. The first kappa shape index (κ1) is 14.7. The summed E-state index contributed by atoms with van der Waals surface area (Å²) in [6, 6.07) is 3.51. The highest BCUT2D eigenvalue weighted by Gasteiger charge is 2.23. The summed E-state index contributed by atoms with van der Waals surface area (Å²) in [6.07, 6.45) is 1.18. The van der Waals surface area contributed by atoms with Crippen LogP contribution in [0.2, 0.25) is 0 Å². The fraction of sp³-hybridized carbons (Fsp3) is 0.200. The van der Waals surface area contributed by atoms with Gasteiger partial charge in [-0.3, -0.25) is 10.1 Å². The predicted molar refractivity (Wildman–Crippen MR) is 74.5 cm³/mol. The lowest BCUT2D eigenvalue weighted by atomic mass is 10.3. The van der Waals surface area contributed by atoms with Gasteiger partial charge in [-0.05, 0) is 6.07 Å². The van der Waals surface area contributed by atoms with Crippen molar-refractivity contribution in [1.29, 1.82) is 0 Å². The maximum Gasteiger partial charge on any atom is 0.270 e. The van der Waals surface area contributed by atoms with Crippen LogP contribution in [-0.2, 0) is 17.1 Å². The molecule has 1 aromatic carbocycles. The zero-order chi connectivity index (χ0) is 15.6. The zero-order valence-electron chi connectivity index (χ0n) is 11.1. The van der Waals surface area contributed by atoms with Gasteiger partial charge in [0, 0.05) is 26.2 Å². The molecule has 0 aliphatic carbocycles. The van der Waals surface area contributed by atoms with E-state index in [1.54, 1.807) is 0 Å². The van der Waals surface area contributed by atoms with Crippen molar-refractivity contribution >= 4 is 27.3 Å². The molecule has 0 aliphatic rings. The third-order valence-electron chi connectivity index (χ3n) is 2.67. The van der Waals surface area contributed by atoms with Gasteiger partial charge in [-0.2, -0.15) is 10.1 Å². The van der Waals surface area contributed by atoms with Gasteiger partial charge < -0.3 is 5.32 Å². The first-order valence-corrected chi connectivity index (χ1v) is 7.16. The second kappa shape index (κ2) is 5.36. The van der Waals surface area contributed by atoms with Crippen molar-refractivity contribution in [3.63, 3.8) is 0 Å². The Balaban J connectivity index is 2.50. The lowest BCUT2D eigenvalue weighted by Crippen LogP contribution is -2.17. The molecule has 2 aromatic rings. The largest absolute Gasteiger partial charge is 0.387 e. The van der Waals surface area contributed by atoms with E-state index in [1.807, 2.05) is 0 Å². The molecule has 112 valence electrons. The monoisotopic (exact) mass is 312 g/mol. The van der Waals surface area contributed by atoms with Gasteiger partial charge in [0.05, 0.1) is 10.6 Å². The van der Waals surface area contributed by atoms with E-state index in [9.17, 15) is 18.5 Å². The number of non-ortho nitro benzene ring substituents is 1. The fourth-order valence-electron chi connectivity index (χ4n) is 1.62. The molecule has 0 spiro atoms. The van der Waals surface area contributed by atoms with Gasteiger partial charge in [-0.1, -0.05) is 0 Å². The van der Waals surface area contributed by atoms with Crippen molar-refractivity contribution in [3.05, 3.63) is 34.6 Å². The minimum Gasteiger partial charge on any atom is -0.387 e. The van der Waals surface area contributed by atoms with E-state index in [-0.39, 0.29) is 22.2 Å². The number of rotatable bonds is 5. The summed E-state index contributed by atoms with van der Waals surface area (Å²) in [7, 11) is -1.02. The lowest BCUT2D eigenvalue weighted by Gasteiger charge is -2.11. The van der Waals surface area contributed by atoms with Crippen LogP contribution in [0.25, 0.3) is 0 Å². The number of hydrogen-bond donors (Lipinski definition) is 2. The number of aryl methyl sites for hydroxylation is 1. The Morgan fingerprint density at radius 3 is 2.62 bits per heavy atom. The number of nitro benzene ring substituents is 1. The van der Waals surface area contributed by atoms with E-state index >= 15 is 0 Å². The van der Waals surface area contributed by atoms with Gasteiger partial charge in [0.1, 0.15) is 11.2 Å². The van der Waals surface area contributed by atoms with Gasteiger partial charge in [0.25, 0.3) is 15.7 Å². The van der Waals surface area contributed by atoms with Gasteiger partial charge in [0.2, 0.25) is 5.95 Å². The Morgan fingerprint density at radius 2 is 2.10 bits per heavy atom. The Hall–Kier alpha value is -2.69. The summed E-state index contributed by atoms with van der Waals surface area (Å²) in [5.74, 6) is 0.00330. The average Bonchev–Trinajstić information content (AvgIpc) is 2.82. The van der Waals surface area contributed by atoms with Gasteiger partial charge in [-0.25, -0.2) is 17.8 Å². The molecule has 11 heteroatoms. The molecule has 2 N–H and O–H groups in total. The molecular formula is C10H12N6O4S. The highest BCUT2D eigenvalue weighted by atomic mass is 32.2. The predicted octanol–water partition coefficient (Wildman–Crippen LogP) is 0.566. The second-order valence-electron chi connectivity index (χ2n) is 4.00. The van der Waals surface area contributed by atoms with Gasteiger partial charge in [-0.15, -0.1) is 0 Å². The van der Waals surface area contributed by atoms with Crippen molar-refractivity contribution in [2.75, 3.05) is 17.1 Å². The van der Waals surface area contributed by atoms with E-state index in [0.29, 0.717) is 0 Å².